The smallest absolute Gasteiger partial charge is 0.243 e. The van der Waals surface area contributed by atoms with E-state index in [2.05, 4.69) is 0 Å². The second kappa shape index (κ2) is 4.75. The minimum absolute atomic E-state index is 0.127. The average molecular weight is 272 g/mol. The number of hydrogen-bond donors (Lipinski definition) is 2. The Morgan fingerprint density at radius 3 is 2.78 bits per heavy atom. The number of aliphatic hydroxyl groups is 1. The lowest BCUT2D eigenvalue weighted by Crippen LogP contribution is -2.29. The molecule has 1 aliphatic heterocycles. The summed E-state index contributed by atoms with van der Waals surface area (Å²) in [5, 5.41) is 9.40. The molecular formula is C11H16N2O4S. The number of nitrogen functional groups attached to an aromatic ring is 1. The fourth-order valence-electron chi connectivity index (χ4n) is 1.93. The molecule has 1 saturated heterocycles. The van der Waals surface area contributed by atoms with Gasteiger partial charge in [-0.1, -0.05) is 0 Å². The summed E-state index contributed by atoms with van der Waals surface area (Å²) in [7, 11) is -2.15. The summed E-state index contributed by atoms with van der Waals surface area (Å²) in [6.45, 7) is 0.464. The topological polar surface area (TPSA) is 92.9 Å². The second-order valence-corrected chi connectivity index (χ2v) is 6.15. The van der Waals surface area contributed by atoms with Crippen LogP contribution in [0.2, 0.25) is 0 Å². The van der Waals surface area contributed by atoms with Gasteiger partial charge in [-0.2, -0.15) is 4.31 Å². The number of nitrogens with zero attached hydrogens (tertiary/aromatic N) is 1. The van der Waals surface area contributed by atoms with Crippen LogP contribution in [-0.4, -0.2) is 44.1 Å². The number of hydrogen-bond acceptors (Lipinski definition) is 5. The van der Waals surface area contributed by atoms with E-state index in [4.69, 9.17) is 10.5 Å². The lowest BCUT2D eigenvalue weighted by Gasteiger charge is -2.16. The molecule has 1 heterocycles. The highest BCUT2D eigenvalue weighted by Gasteiger charge is 2.31. The second-order valence-electron chi connectivity index (χ2n) is 4.21. The third-order valence-electron chi connectivity index (χ3n) is 2.97. The molecule has 6 nitrogen and oxygen atoms in total. The van der Waals surface area contributed by atoms with Crippen LogP contribution >= 0.6 is 0 Å². The van der Waals surface area contributed by atoms with Crippen molar-refractivity contribution in [2.75, 3.05) is 25.9 Å². The minimum atomic E-state index is -3.58. The van der Waals surface area contributed by atoms with Crippen molar-refractivity contribution in [1.29, 1.82) is 0 Å². The van der Waals surface area contributed by atoms with Crippen molar-refractivity contribution in [1.82, 2.24) is 4.31 Å². The van der Waals surface area contributed by atoms with Gasteiger partial charge in [-0.3, -0.25) is 0 Å². The van der Waals surface area contributed by atoms with Gasteiger partial charge in [0, 0.05) is 19.2 Å². The minimum Gasteiger partial charge on any atom is -0.495 e. The molecule has 18 heavy (non-hydrogen) atoms. The van der Waals surface area contributed by atoms with Gasteiger partial charge in [0.05, 0.1) is 23.8 Å². The molecule has 0 saturated carbocycles. The summed E-state index contributed by atoms with van der Waals surface area (Å²) in [5.74, 6) is 0.329. The standard InChI is InChI=1S/C11H16N2O4S/c1-17-11-6-9(2-3-10(11)12)18(15,16)13-5-4-8(14)7-13/h2-3,6,8,14H,4-5,7,12H2,1H3/t8-/m1/s1. The quantitative estimate of drug-likeness (QED) is 0.757. The molecule has 0 amide bonds. The van der Waals surface area contributed by atoms with E-state index in [0.717, 1.165) is 0 Å². The van der Waals surface area contributed by atoms with Crippen LogP contribution in [0.1, 0.15) is 6.42 Å². The molecule has 100 valence electrons. The molecule has 0 spiro atoms. The lowest BCUT2D eigenvalue weighted by atomic mass is 10.3. The molecule has 3 N–H and O–H groups in total. The molecule has 1 fully saturated rings. The summed E-state index contributed by atoms with van der Waals surface area (Å²) in [4.78, 5) is 0.127. The Kier molecular flexibility index (Phi) is 3.47. The highest BCUT2D eigenvalue weighted by molar-refractivity contribution is 7.89. The van der Waals surface area contributed by atoms with Gasteiger partial charge in [0.2, 0.25) is 10.0 Å². The maximum Gasteiger partial charge on any atom is 0.243 e. The van der Waals surface area contributed by atoms with Crippen LogP contribution in [-0.2, 0) is 10.0 Å². The third kappa shape index (κ3) is 2.29. The van der Waals surface area contributed by atoms with E-state index < -0.39 is 16.1 Å². The number of benzene rings is 1. The third-order valence-corrected chi connectivity index (χ3v) is 4.83. The van der Waals surface area contributed by atoms with Crippen LogP contribution in [0.25, 0.3) is 0 Å². The largest absolute Gasteiger partial charge is 0.495 e. The van der Waals surface area contributed by atoms with E-state index in [1.807, 2.05) is 0 Å². The van der Waals surface area contributed by atoms with Gasteiger partial charge in [-0.25, -0.2) is 8.42 Å². The Morgan fingerprint density at radius 2 is 2.22 bits per heavy atom. The molecular weight excluding hydrogens is 256 g/mol. The summed E-state index contributed by atoms with van der Waals surface area (Å²) in [6, 6.07) is 4.34. The van der Waals surface area contributed by atoms with E-state index in [0.29, 0.717) is 24.4 Å². The maximum atomic E-state index is 12.3. The van der Waals surface area contributed by atoms with Crippen molar-refractivity contribution in [2.45, 2.75) is 17.4 Å². The van der Waals surface area contributed by atoms with Crippen molar-refractivity contribution in [3.05, 3.63) is 18.2 Å². The predicted molar refractivity (Wildman–Crippen MR) is 66.8 cm³/mol. The Hall–Kier alpha value is -1.31. The Labute approximate surface area is 106 Å². The Morgan fingerprint density at radius 1 is 1.50 bits per heavy atom. The molecule has 0 radical (unpaired) electrons. The molecule has 1 aliphatic rings. The van der Waals surface area contributed by atoms with Crippen molar-refractivity contribution in [2.24, 2.45) is 0 Å². The van der Waals surface area contributed by atoms with Gasteiger partial charge in [0.15, 0.2) is 0 Å². The van der Waals surface area contributed by atoms with Crippen molar-refractivity contribution in [3.8, 4) is 5.75 Å². The highest BCUT2D eigenvalue weighted by atomic mass is 32.2. The fourth-order valence-corrected chi connectivity index (χ4v) is 3.44. The van der Waals surface area contributed by atoms with Gasteiger partial charge >= 0.3 is 0 Å². The summed E-state index contributed by atoms with van der Waals surface area (Å²) < 4.78 is 30.8. The van der Waals surface area contributed by atoms with Crippen LogP contribution in [0, 0.1) is 0 Å². The number of nitrogens with two attached hydrogens (primary N) is 1. The van der Waals surface area contributed by atoms with Crippen LogP contribution in [0.15, 0.2) is 23.1 Å². The van der Waals surface area contributed by atoms with E-state index in [1.54, 1.807) is 0 Å². The van der Waals surface area contributed by atoms with Gasteiger partial charge in [-0.05, 0) is 18.6 Å². The molecule has 0 aliphatic carbocycles. The lowest BCUT2D eigenvalue weighted by molar-refractivity contribution is 0.189. The molecule has 0 bridgehead atoms. The molecule has 0 unspecified atom stereocenters. The number of β-amino-alcohol motifs (C(OH)–C–C–N with tert-alkyl or cyclic N) is 1. The zero-order chi connectivity index (χ0) is 13.3. The first kappa shape index (κ1) is 13.1. The van der Waals surface area contributed by atoms with Crippen molar-refractivity contribution in [3.63, 3.8) is 0 Å². The van der Waals surface area contributed by atoms with E-state index in [9.17, 15) is 13.5 Å². The van der Waals surface area contributed by atoms with Crippen molar-refractivity contribution >= 4 is 15.7 Å². The van der Waals surface area contributed by atoms with E-state index in [1.165, 1.54) is 29.6 Å². The first-order valence-electron chi connectivity index (χ1n) is 5.57. The van der Waals surface area contributed by atoms with E-state index in [-0.39, 0.29) is 11.4 Å². The van der Waals surface area contributed by atoms with Gasteiger partial charge in [0.25, 0.3) is 0 Å². The van der Waals surface area contributed by atoms with Gasteiger partial charge < -0.3 is 15.6 Å². The Bertz CT molecular complexity index is 544. The molecule has 1 atom stereocenters. The summed E-state index contributed by atoms with van der Waals surface area (Å²) >= 11 is 0. The molecule has 0 aromatic heterocycles. The number of anilines is 1. The molecule has 7 heteroatoms. The highest BCUT2D eigenvalue weighted by Crippen LogP contribution is 2.28. The molecule has 1 aromatic rings. The molecule has 2 rings (SSSR count). The van der Waals surface area contributed by atoms with Gasteiger partial charge in [-0.15, -0.1) is 0 Å². The number of aliphatic hydroxyl groups excluding tert-OH is 1. The number of methoxy groups -OCH3 is 1. The Balaban J connectivity index is 2.35. The van der Waals surface area contributed by atoms with E-state index >= 15 is 0 Å². The summed E-state index contributed by atoms with van der Waals surface area (Å²) in [6.07, 6.45) is -0.124. The maximum absolute atomic E-state index is 12.3. The van der Waals surface area contributed by atoms with Crippen LogP contribution < -0.4 is 10.5 Å². The van der Waals surface area contributed by atoms with Crippen LogP contribution in [0.4, 0.5) is 5.69 Å². The zero-order valence-corrected chi connectivity index (χ0v) is 10.9. The fraction of sp³-hybridized carbons (Fsp3) is 0.455. The average Bonchev–Trinajstić information content (AvgIpc) is 2.77. The number of ether oxygens (including phenoxy) is 1. The van der Waals surface area contributed by atoms with Crippen LogP contribution in [0.3, 0.4) is 0 Å². The first-order chi connectivity index (χ1) is 8.45. The van der Waals surface area contributed by atoms with Crippen LogP contribution in [0.5, 0.6) is 5.75 Å². The normalized spacial score (nSPS) is 21.1. The van der Waals surface area contributed by atoms with Crippen molar-refractivity contribution < 1.29 is 18.3 Å². The molecule has 1 aromatic carbocycles. The monoisotopic (exact) mass is 272 g/mol. The van der Waals surface area contributed by atoms with Gasteiger partial charge in [0.1, 0.15) is 5.75 Å². The number of sulfonamides is 1. The zero-order valence-electron chi connectivity index (χ0n) is 10.0. The first-order valence-corrected chi connectivity index (χ1v) is 7.01. The predicted octanol–water partition coefficient (Wildman–Crippen LogP) is 0.0327. The SMILES string of the molecule is COc1cc(S(=O)(=O)N2CC[C@@H](O)C2)ccc1N. The summed E-state index contributed by atoms with van der Waals surface area (Å²) in [5.41, 5.74) is 6.03. The number of rotatable bonds is 3.